The summed E-state index contributed by atoms with van der Waals surface area (Å²) in [5.41, 5.74) is 10.0. The van der Waals surface area contributed by atoms with Crippen LogP contribution in [-0.2, 0) is 29.4 Å². The van der Waals surface area contributed by atoms with Crippen molar-refractivity contribution >= 4 is 25.5 Å². The van der Waals surface area contributed by atoms with Crippen molar-refractivity contribution in [2.45, 2.75) is 58.9 Å². The monoisotopic (exact) mass is 396 g/mol. The third kappa shape index (κ3) is 8.52. The van der Waals surface area contributed by atoms with E-state index in [2.05, 4.69) is 0 Å². The molecule has 1 aromatic rings. The molecule has 150 valence electrons. The molecule has 27 heavy (non-hydrogen) atoms. The van der Waals surface area contributed by atoms with Crippen molar-refractivity contribution in [1.82, 2.24) is 0 Å². The molecular formula is C19H29N2O5P. The van der Waals surface area contributed by atoms with Gasteiger partial charge in [-0.05, 0) is 58.7 Å². The van der Waals surface area contributed by atoms with Crippen molar-refractivity contribution in [2.24, 2.45) is 11.5 Å². The van der Waals surface area contributed by atoms with Crippen molar-refractivity contribution in [3.05, 3.63) is 41.0 Å². The van der Waals surface area contributed by atoms with Crippen LogP contribution < -0.4 is 11.5 Å². The summed E-state index contributed by atoms with van der Waals surface area (Å²) in [6.07, 6.45) is 1.40. The lowest BCUT2D eigenvalue weighted by Gasteiger charge is -2.32. The number of carbonyl (C=O) groups is 2. The average Bonchev–Trinajstić information content (AvgIpc) is 2.40. The number of benzene rings is 1. The first-order chi connectivity index (χ1) is 12.1. The van der Waals surface area contributed by atoms with Gasteiger partial charge >= 0.3 is 7.60 Å². The Morgan fingerprint density at radius 2 is 1.33 bits per heavy atom. The number of hydrogen-bond acceptors (Lipinski definition) is 5. The minimum Gasteiger partial charge on any atom is -0.365 e. The van der Waals surface area contributed by atoms with E-state index < -0.39 is 30.6 Å². The van der Waals surface area contributed by atoms with E-state index in [1.165, 1.54) is 6.08 Å². The number of nitrogens with two attached hydrogens (primary N) is 2. The van der Waals surface area contributed by atoms with Crippen LogP contribution >= 0.6 is 7.60 Å². The van der Waals surface area contributed by atoms with Gasteiger partial charge in [0.1, 0.15) is 5.57 Å². The summed E-state index contributed by atoms with van der Waals surface area (Å²) >= 11 is 0. The molecule has 4 N–H and O–H groups in total. The second-order valence-corrected chi connectivity index (χ2v) is 10.1. The quantitative estimate of drug-likeness (QED) is 0.317. The van der Waals surface area contributed by atoms with E-state index in [0.717, 1.165) is 5.56 Å². The summed E-state index contributed by atoms with van der Waals surface area (Å²) in [7, 11) is -3.42. The lowest BCUT2D eigenvalue weighted by atomic mass is 10.1. The Morgan fingerprint density at radius 1 is 0.926 bits per heavy atom. The Morgan fingerprint density at radius 3 is 1.67 bits per heavy atom. The van der Waals surface area contributed by atoms with Crippen LogP contribution in [0, 0.1) is 0 Å². The molecule has 0 saturated carbocycles. The van der Waals surface area contributed by atoms with E-state index in [4.69, 9.17) is 20.5 Å². The Balaban J connectivity index is 3.11. The third-order valence-corrected chi connectivity index (χ3v) is 5.43. The number of primary amides is 2. The summed E-state index contributed by atoms with van der Waals surface area (Å²) in [4.78, 5) is 22.5. The Bertz CT molecular complexity index is 735. The highest BCUT2D eigenvalue weighted by molar-refractivity contribution is 7.53. The molecule has 0 atom stereocenters. The van der Waals surface area contributed by atoms with Crippen molar-refractivity contribution in [3.63, 3.8) is 0 Å². The fourth-order valence-electron chi connectivity index (χ4n) is 2.29. The van der Waals surface area contributed by atoms with Crippen LogP contribution in [0.25, 0.3) is 6.08 Å². The first-order valence-corrected chi connectivity index (χ1v) is 10.2. The normalized spacial score (nSPS) is 12.5. The number of carbonyl (C=O) groups excluding carboxylic acids is 2. The summed E-state index contributed by atoms with van der Waals surface area (Å²) < 4.78 is 24.8. The number of hydrogen-bond donors (Lipinski definition) is 2. The molecule has 0 bridgehead atoms. The highest BCUT2D eigenvalue weighted by Gasteiger charge is 2.35. The summed E-state index contributed by atoms with van der Waals surface area (Å²) in [6.45, 7) is 10.9. The molecule has 2 amide bonds. The zero-order valence-corrected chi connectivity index (χ0v) is 17.6. The van der Waals surface area contributed by atoms with Gasteiger partial charge in [-0.25, -0.2) is 0 Å². The average molecular weight is 396 g/mol. The highest BCUT2D eigenvalue weighted by Crippen LogP contribution is 2.56. The van der Waals surface area contributed by atoms with Gasteiger partial charge in [-0.2, -0.15) is 0 Å². The minimum absolute atomic E-state index is 0.0873. The molecule has 0 aliphatic heterocycles. The van der Waals surface area contributed by atoms with Gasteiger partial charge in [0.15, 0.2) is 0 Å². The lowest BCUT2D eigenvalue weighted by molar-refractivity contribution is -0.120. The lowest BCUT2D eigenvalue weighted by Crippen LogP contribution is -2.25. The second kappa shape index (κ2) is 8.38. The van der Waals surface area contributed by atoms with Crippen molar-refractivity contribution in [2.75, 3.05) is 0 Å². The fraction of sp³-hybridized carbons (Fsp3) is 0.474. The van der Waals surface area contributed by atoms with Crippen LogP contribution in [0.5, 0.6) is 0 Å². The highest BCUT2D eigenvalue weighted by atomic mass is 31.2. The molecule has 8 heteroatoms. The number of rotatable bonds is 7. The molecular weight excluding hydrogens is 367 g/mol. The standard InChI is InChI=1S/C19H29N2O5P/c1-18(2,3)25-27(24,26-19(4,5)6)12-14-9-7-13(8-10-14)11-15(16(20)22)17(21)23/h7-11H,12H2,1-6H3,(H2,20,22)(H2,21,23). The predicted octanol–water partition coefficient (Wildman–Crippen LogP) is 3.36. The van der Waals surface area contributed by atoms with E-state index in [0.29, 0.717) is 5.56 Å². The largest absolute Gasteiger partial charge is 0.365 e. The molecule has 0 aromatic heterocycles. The van der Waals surface area contributed by atoms with Gasteiger partial charge in [-0.15, -0.1) is 0 Å². The van der Waals surface area contributed by atoms with Gasteiger partial charge in [-0.1, -0.05) is 24.3 Å². The molecule has 1 aromatic carbocycles. The summed E-state index contributed by atoms with van der Waals surface area (Å²) in [5, 5.41) is 0. The third-order valence-electron chi connectivity index (χ3n) is 3.02. The van der Waals surface area contributed by atoms with Crippen LogP contribution in [0.2, 0.25) is 0 Å². The predicted molar refractivity (Wildman–Crippen MR) is 106 cm³/mol. The molecule has 0 saturated heterocycles. The Kier molecular flexibility index (Phi) is 7.17. The Labute approximate surface area is 160 Å². The van der Waals surface area contributed by atoms with Crippen molar-refractivity contribution in [1.29, 1.82) is 0 Å². The molecule has 0 heterocycles. The van der Waals surface area contributed by atoms with Crippen molar-refractivity contribution in [3.8, 4) is 0 Å². The summed E-state index contributed by atoms with van der Waals surface area (Å²) in [5.74, 6) is -1.79. The van der Waals surface area contributed by atoms with Gasteiger partial charge in [0.25, 0.3) is 11.8 Å². The molecule has 0 fully saturated rings. The molecule has 0 unspecified atom stereocenters. The molecule has 0 aliphatic carbocycles. The first-order valence-electron chi connectivity index (χ1n) is 8.51. The molecule has 0 aliphatic rings. The van der Waals surface area contributed by atoms with Crippen LogP contribution in [-0.4, -0.2) is 23.0 Å². The van der Waals surface area contributed by atoms with Gasteiger partial charge in [0.05, 0.1) is 17.4 Å². The molecule has 0 radical (unpaired) electrons. The van der Waals surface area contributed by atoms with E-state index in [1.807, 2.05) is 41.5 Å². The topological polar surface area (TPSA) is 122 Å². The van der Waals surface area contributed by atoms with E-state index in [1.54, 1.807) is 24.3 Å². The van der Waals surface area contributed by atoms with Crippen LogP contribution in [0.3, 0.4) is 0 Å². The maximum Gasteiger partial charge on any atom is 0.336 e. The van der Waals surface area contributed by atoms with Gasteiger partial charge in [-0.3, -0.25) is 14.2 Å². The Hall–Kier alpha value is -1.95. The van der Waals surface area contributed by atoms with E-state index in [-0.39, 0.29) is 11.7 Å². The summed E-state index contributed by atoms with van der Waals surface area (Å²) in [6, 6.07) is 6.77. The SMILES string of the molecule is CC(C)(C)OP(=O)(Cc1ccc(C=C(C(N)=O)C(N)=O)cc1)OC(C)(C)C. The van der Waals surface area contributed by atoms with Crippen LogP contribution in [0.4, 0.5) is 0 Å². The van der Waals surface area contributed by atoms with Gasteiger partial charge < -0.3 is 20.5 Å². The smallest absolute Gasteiger partial charge is 0.336 e. The second-order valence-electron chi connectivity index (χ2n) is 8.20. The molecule has 7 nitrogen and oxygen atoms in total. The molecule has 0 spiro atoms. The van der Waals surface area contributed by atoms with E-state index in [9.17, 15) is 14.2 Å². The maximum atomic E-state index is 13.3. The van der Waals surface area contributed by atoms with Crippen molar-refractivity contribution < 1.29 is 23.2 Å². The zero-order valence-electron chi connectivity index (χ0n) is 16.7. The zero-order chi connectivity index (χ0) is 21.0. The molecule has 1 rings (SSSR count). The van der Waals surface area contributed by atoms with Crippen LogP contribution in [0.15, 0.2) is 29.8 Å². The van der Waals surface area contributed by atoms with E-state index >= 15 is 0 Å². The number of amides is 2. The first kappa shape index (κ1) is 23.1. The fourth-order valence-corrected chi connectivity index (χ4v) is 4.78. The van der Waals surface area contributed by atoms with Gasteiger partial charge in [0.2, 0.25) is 0 Å². The maximum absolute atomic E-state index is 13.3. The van der Waals surface area contributed by atoms with Crippen LogP contribution in [0.1, 0.15) is 52.7 Å². The van der Waals surface area contributed by atoms with Gasteiger partial charge in [0, 0.05) is 0 Å². The minimum atomic E-state index is -3.42.